The van der Waals surface area contributed by atoms with Crippen LogP contribution in [0.1, 0.15) is 10.4 Å². The molecule has 1 aromatic rings. The van der Waals surface area contributed by atoms with Crippen molar-refractivity contribution in [1.29, 1.82) is 0 Å². The molecule has 17 heavy (non-hydrogen) atoms. The van der Waals surface area contributed by atoms with E-state index in [0.717, 1.165) is 12.1 Å². The molecule has 8 nitrogen and oxygen atoms in total. The lowest BCUT2D eigenvalue weighted by atomic mass is 10.1. The van der Waals surface area contributed by atoms with E-state index >= 15 is 0 Å². The summed E-state index contributed by atoms with van der Waals surface area (Å²) in [6, 6.07) is 2.04. The first kappa shape index (κ1) is 13.3. The van der Waals surface area contributed by atoms with Gasteiger partial charge in [-0.2, -0.15) is 0 Å². The van der Waals surface area contributed by atoms with Crippen molar-refractivity contribution >= 4 is 39.8 Å². The number of hydrogen-bond donors (Lipinski definition) is 2. The Balaban J connectivity index is 3.71. The minimum absolute atomic E-state index is 0.0879. The average molecular weight is 276 g/mol. The molecule has 0 spiro atoms. The summed E-state index contributed by atoms with van der Waals surface area (Å²) in [4.78, 5) is 30.0. The zero-order chi connectivity index (χ0) is 13.2. The topological polar surface area (TPSA) is 124 Å². The van der Waals surface area contributed by atoms with Crippen molar-refractivity contribution in [3.8, 4) is 0 Å². The minimum Gasteiger partial charge on any atom is -0.477 e. The Bertz CT molecular complexity index is 517. The third-order valence-electron chi connectivity index (χ3n) is 1.81. The number of hydrogen-bond acceptors (Lipinski definition) is 7. The van der Waals surface area contributed by atoms with E-state index in [0.29, 0.717) is 10.8 Å². The lowest BCUT2D eigenvalue weighted by Crippen LogP contribution is -2.06. The predicted octanol–water partition coefficient (Wildman–Crippen LogP) is 2.14. The van der Waals surface area contributed by atoms with Crippen LogP contribution in [0.5, 0.6) is 0 Å². The Hall–Kier alpha value is -1.81. The molecule has 1 aromatic carbocycles. The van der Waals surface area contributed by atoms with Crippen molar-refractivity contribution in [2.45, 2.75) is 4.90 Å². The number of carboxylic acids is 1. The molecule has 10 heteroatoms. The van der Waals surface area contributed by atoms with E-state index in [1.807, 2.05) is 0 Å². The van der Waals surface area contributed by atoms with Crippen molar-refractivity contribution in [3.05, 3.63) is 37.9 Å². The number of benzene rings is 1. The molecule has 1 N–H and O–H groups in total. The molecular formula is C7H4N2O6S2. The van der Waals surface area contributed by atoms with Crippen LogP contribution in [-0.2, 0) is 0 Å². The minimum atomic E-state index is -1.60. The van der Waals surface area contributed by atoms with Gasteiger partial charge in [0.05, 0.1) is 9.85 Å². The molecule has 90 valence electrons. The second kappa shape index (κ2) is 5.01. The van der Waals surface area contributed by atoms with Gasteiger partial charge in [0.1, 0.15) is 10.5 Å². The van der Waals surface area contributed by atoms with Gasteiger partial charge in [-0.15, -0.1) is 11.7 Å². The standard InChI is InChI=1S/C7H4N2O6S2/c10-7(11)3-1-2-4(17-16)6(9(14)15)5(3)8(12)13/h1-2,16H,(H,10,11). The highest BCUT2D eigenvalue weighted by molar-refractivity contribution is 8.68. The number of nitrogens with zero attached hydrogens (tertiary/aromatic N) is 2. The molecule has 0 aromatic heterocycles. The molecule has 0 saturated heterocycles. The first-order valence-electron chi connectivity index (χ1n) is 3.90. The number of nitro groups is 2. The van der Waals surface area contributed by atoms with E-state index < -0.39 is 32.8 Å². The number of aromatic carboxylic acids is 1. The summed E-state index contributed by atoms with van der Waals surface area (Å²) in [7, 11) is 0.631. The van der Waals surface area contributed by atoms with E-state index in [1.54, 1.807) is 0 Å². The van der Waals surface area contributed by atoms with Crippen LogP contribution in [-0.4, -0.2) is 20.9 Å². The largest absolute Gasteiger partial charge is 0.477 e. The summed E-state index contributed by atoms with van der Waals surface area (Å²) >= 11 is 3.72. The second-order valence-electron chi connectivity index (χ2n) is 2.72. The van der Waals surface area contributed by atoms with Crippen molar-refractivity contribution in [2.75, 3.05) is 0 Å². The van der Waals surface area contributed by atoms with Gasteiger partial charge >= 0.3 is 17.3 Å². The molecule has 0 saturated carbocycles. The quantitative estimate of drug-likeness (QED) is 0.373. The fourth-order valence-corrected chi connectivity index (χ4v) is 2.00. The summed E-state index contributed by atoms with van der Waals surface area (Å²) < 4.78 is 0. The number of thiol groups is 1. The van der Waals surface area contributed by atoms with Crippen molar-refractivity contribution in [2.24, 2.45) is 0 Å². The number of carboxylic acid groups (broad SMARTS) is 1. The van der Waals surface area contributed by atoms with Crippen LogP contribution in [0.3, 0.4) is 0 Å². The Morgan fingerprint density at radius 3 is 2.12 bits per heavy atom. The van der Waals surface area contributed by atoms with E-state index in [4.69, 9.17) is 5.11 Å². The van der Waals surface area contributed by atoms with Crippen LogP contribution in [0.4, 0.5) is 11.4 Å². The first-order chi connectivity index (χ1) is 7.90. The van der Waals surface area contributed by atoms with Crippen molar-refractivity contribution < 1.29 is 19.7 Å². The van der Waals surface area contributed by atoms with Gasteiger partial charge in [-0.1, -0.05) is 10.8 Å². The lowest BCUT2D eigenvalue weighted by molar-refractivity contribution is -0.424. The van der Waals surface area contributed by atoms with Crippen LogP contribution >= 0.6 is 22.5 Å². The van der Waals surface area contributed by atoms with Gasteiger partial charge in [0.15, 0.2) is 0 Å². The molecule has 0 fully saturated rings. The van der Waals surface area contributed by atoms with Crippen molar-refractivity contribution in [3.63, 3.8) is 0 Å². The van der Waals surface area contributed by atoms with Gasteiger partial charge < -0.3 is 5.11 Å². The zero-order valence-corrected chi connectivity index (χ0v) is 9.60. The average Bonchev–Trinajstić information content (AvgIpc) is 2.26. The smallest absolute Gasteiger partial charge is 0.361 e. The number of rotatable bonds is 4. The highest BCUT2D eigenvalue weighted by Crippen LogP contribution is 2.40. The summed E-state index contributed by atoms with van der Waals surface area (Å²) in [5.41, 5.74) is -2.63. The normalized spacial score (nSPS) is 9.94. The fourth-order valence-electron chi connectivity index (χ4n) is 1.17. The molecule has 0 radical (unpaired) electrons. The molecule has 1 rings (SSSR count). The van der Waals surface area contributed by atoms with Crippen molar-refractivity contribution in [1.82, 2.24) is 0 Å². The molecule has 0 unspecified atom stereocenters. The van der Waals surface area contributed by atoms with E-state index in [2.05, 4.69) is 11.7 Å². The van der Waals surface area contributed by atoms with E-state index in [1.165, 1.54) is 0 Å². The highest BCUT2D eigenvalue weighted by Gasteiger charge is 2.35. The number of carbonyl (C=O) groups is 1. The Morgan fingerprint density at radius 2 is 1.76 bits per heavy atom. The van der Waals surface area contributed by atoms with Gasteiger partial charge in [-0.05, 0) is 12.1 Å². The van der Waals surface area contributed by atoms with Crippen LogP contribution in [0.15, 0.2) is 17.0 Å². The summed E-state index contributed by atoms with van der Waals surface area (Å²) in [6.07, 6.45) is 0. The summed E-state index contributed by atoms with van der Waals surface area (Å²) in [5, 5.41) is 30.2. The van der Waals surface area contributed by atoms with E-state index in [-0.39, 0.29) is 4.90 Å². The highest BCUT2D eigenvalue weighted by atomic mass is 33.1. The first-order valence-corrected chi connectivity index (χ1v) is 5.77. The SMILES string of the molecule is O=C(O)c1ccc(SS)c([N+](=O)[O-])c1[N+](=O)[O-]. The Morgan fingerprint density at radius 1 is 1.24 bits per heavy atom. The molecule has 0 bridgehead atoms. The maximum Gasteiger partial charge on any atom is 0.361 e. The van der Waals surface area contributed by atoms with Gasteiger partial charge in [0, 0.05) is 0 Å². The van der Waals surface area contributed by atoms with E-state index in [9.17, 15) is 25.0 Å². The Kier molecular flexibility index (Phi) is 3.91. The molecule has 0 aliphatic rings. The molecule has 0 amide bonds. The third kappa shape index (κ3) is 2.47. The van der Waals surface area contributed by atoms with Gasteiger partial charge in [0.25, 0.3) is 0 Å². The lowest BCUT2D eigenvalue weighted by Gasteiger charge is -2.02. The van der Waals surface area contributed by atoms with Gasteiger partial charge in [-0.25, -0.2) is 4.79 Å². The zero-order valence-electron chi connectivity index (χ0n) is 7.89. The second-order valence-corrected chi connectivity index (χ2v) is 3.89. The third-order valence-corrected chi connectivity index (χ3v) is 2.92. The van der Waals surface area contributed by atoms with Gasteiger partial charge in [-0.3, -0.25) is 20.2 Å². The number of nitro benzene ring substituents is 2. The maximum atomic E-state index is 10.7. The summed E-state index contributed by atoms with van der Waals surface area (Å²) in [5.74, 6) is -1.60. The molecule has 0 heterocycles. The monoisotopic (exact) mass is 276 g/mol. The molecular weight excluding hydrogens is 272 g/mol. The van der Waals surface area contributed by atoms with Crippen LogP contribution in [0, 0.1) is 20.2 Å². The van der Waals surface area contributed by atoms with Gasteiger partial charge in [0.2, 0.25) is 0 Å². The predicted molar refractivity (Wildman–Crippen MR) is 61.6 cm³/mol. The summed E-state index contributed by atoms with van der Waals surface area (Å²) in [6.45, 7) is 0. The van der Waals surface area contributed by atoms with Crippen LogP contribution in [0.25, 0.3) is 0 Å². The molecule has 0 aliphatic heterocycles. The molecule has 0 aliphatic carbocycles. The fraction of sp³-hybridized carbons (Fsp3) is 0. The van der Waals surface area contributed by atoms with Crippen LogP contribution < -0.4 is 0 Å². The maximum absolute atomic E-state index is 10.7. The molecule has 0 atom stereocenters. The van der Waals surface area contributed by atoms with Crippen LogP contribution in [0.2, 0.25) is 0 Å². The Labute approximate surface area is 103 Å².